The molecule has 0 atom stereocenters. The molecule has 0 saturated heterocycles. The molecule has 0 fully saturated rings. The van der Waals surface area contributed by atoms with Gasteiger partial charge in [0.2, 0.25) is 0 Å². The summed E-state index contributed by atoms with van der Waals surface area (Å²) in [6.45, 7) is 0. The molecule has 72 valence electrons. The standard InChI is InChI=1S/C9H12O2S2/c1-12-9-5-3-4-8(6-9)7-13(2,10)11/h3-6H,7H2,1-2H3. The zero-order valence-corrected chi connectivity index (χ0v) is 9.28. The molecule has 0 aromatic heterocycles. The predicted octanol–water partition coefficient (Wildman–Crippen LogP) is 1.95. The van der Waals surface area contributed by atoms with Gasteiger partial charge in [0.15, 0.2) is 9.84 Å². The Morgan fingerprint density at radius 1 is 1.38 bits per heavy atom. The second kappa shape index (κ2) is 4.15. The van der Waals surface area contributed by atoms with Crippen molar-refractivity contribution in [3.8, 4) is 0 Å². The zero-order valence-electron chi connectivity index (χ0n) is 7.65. The van der Waals surface area contributed by atoms with Gasteiger partial charge < -0.3 is 0 Å². The van der Waals surface area contributed by atoms with Crippen molar-refractivity contribution in [3.05, 3.63) is 29.8 Å². The number of hydrogen-bond donors (Lipinski definition) is 0. The third-order valence-corrected chi connectivity index (χ3v) is 3.15. The van der Waals surface area contributed by atoms with Crippen LogP contribution in [-0.4, -0.2) is 20.9 Å². The highest BCUT2D eigenvalue weighted by molar-refractivity contribution is 7.98. The van der Waals surface area contributed by atoms with Gasteiger partial charge in [0.25, 0.3) is 0 Å². The zero-order chi connectivity index (χ0) is 9.90. The summed E-state index contributed by atoms with van der Waals surface area (Å²) in [5.41, 5.74) is 0.856. The molecule has 0 saturated carbocycles. The van der Waals surface area contributed by atoms with Crippen LogP contribution in [-0.2, 0) is 15.6 Å². The summed E-state index contributed by atoms with van der Waals surface area (Å²) in [5, 5.41) is 0. The van der Waals surface area contributed by atoms with E-state index in [1.807, 2.05) is 30.5 Å². The van der Waals surface area contributed by atoms with Crippen molar-refractivity contribution < 1.29 is 8.42 Å². The number of sulfone groups is 1. The third kappa shape index (κ3) is 3.83. The SMILES string of the molecule is CSc1cccc(CS(C)(=O)=O)c1. The van der Waals surface area contributed by atoms with Gasteiger partial charge in [-0.15, -0.1) is 11.8 Å². The maximum atomic E-state index is 11.0. The molecule has 1 rings (SSSR count). The highest BCUT2D eigenvalue weighted by atomic mass is 32.2. The summed E-state index contributed by atoms with van der Waals surface area (Å²) in [6, 6.07) is 7.59. The molecule has 0 aliphatic carbocycles. The van der Waals surface area contributed by atoms with E-state index in [0.29, 0.717) is 0 Å². The van der Waals surface area contributed by atoms with E-state index in [4.69, 9.17) is 0 Å². The van der Waals surface area contributed by atoms with Crippen molar-refractivity contribution in [1.29, 1.82) is 0 Å². The molecule has 2 nitrogen and oxygen atoms in total. The number of rotatable bonds is 3. The number of benzene rings is 1. The first kappa shape index (κ1) is 10.6. The molecule has 0 aliphatic rings. The van der Waals surface area contributed by atoms with E-state index < -0.39 is 9.84 Å². The van der Waals surface area contributed by atoms with Crippen LogP contribution in [0.4, 0.5) is 0 Å². The van der Waals surface area contributed by atoms with Crippen LogP contribution in [0.25, 0.3) is 0 Å². The average Bonchev–Trinajstić information content (AvgIpc) is 2.01. The van der Waals surface area contributed by atoms with E-state index in [-0.39, 0.29) is 5.75 Å². The number of hydrogen-bond acceptors (Lipinski definition) is 3. The minimum Gasteiger partial charge on any atom is -0.229 e. The molecular formula is C9H12O2S2. The minimum atomic E-state index is -2.91. The smallest absolute Gasteiger partial charge is 0.151 e. The van der Waals surface area contributed by atoms with Gasteiger partial charge in [-0.2, -0.15) is 0 Å². The fourth-order valence-corrected chi connectivity index (χ4v) is 2.33. The summed E-state index contributed by atoms with van der Waals surface area (Å²) < 4.78 is 22.0. The lowest BCUT2D eigenvalue weighted by Gasteiger charge is -2.01. The molecule has 0 spiro atoms. The van der Waals surface area contributed by atoms with Crippen LogP contribution >= 0.6 is 11.8 Å². The molecule has 4 heteroatoms. The van der Waals surface area contributed by atoms with Gasteiger partial charge in [-0.3, -0.25) is 0 Å². The van der Waals surface area contributed by atoms with Crippen LogP contribution in [0.3, 0.4) is 0 Å². The molecule has 0 N–H and O–H groups in total. The predicted molar refractivity (Wildman–Crippen MR) is 56.8 cm³/mol. The normalized spacial score (nSPS) is 11.5. The van der Waals surface area contributed by atoms with Gasteiger partial charge in [-0.05, 0) is 24.0 Å². The van der Waals surface area contributed by atoms with Crippen LogP contribution in [0.2, 0.25) is 0 Å². The molecule has 13 heavy (non-hydrogen) atoms. The molecule has 0 radical (unpaired) electrons. The summed E-state index contributed by atoms with van der Waals surface area (Å²) in [7, 11) is -2.91. The molecular weight excluding hydrogens is 204 g/mol. The molecule has 0 heterocycles. The van der Waals surface area contributed by atoms with Gasteiger partial charge in [0.05, 0.1) is 5.75 Å². The summed E-state index contributed by atoms with van der Waals surface area (Å²) in [4.78, 5) is 1.10. The number of thioether (sulfide) groups is 1. The largest absolute Gasteiger partial charge is 0.229 e. The minimum absolute atomic E-state index is 0.126. The second-order valence-corrected chi connectivity index (χ2v) is 5.94. The Labute approximate surface area is 83.3 Å². The highest BCUT2D eigenvalue weighted by Gasteiger charge is 2.04. The Morgan fingerprint density at radius 3 is 2.62 bits per heavy atom. The summed E-state index contributed by atoms with van der Waals surface area (Å²) in [6.07, 6.45) is 3.22. The van der Waals surface area contributed by atoms with E-state index in [2.05, 4.69) is 0 Å². The topological polar surface area (TPSA) is 34.1 Å². The van der Waals surface area contributed by atoms with Crippen LogP contribution in [0.5, 0.6) is 0 Å². The molecule has 0 amide bonds. The van der Waals surface area contributed by atoms with Crippen molar-refractivity contribution in [2.45, 2.75) is 10.6 Å². The third-order valence-electron chi connectivity index (χ3n) is 1.56. The lowest BCUT2D eigenvalue weighted by molar-refractivity contribution is 0.601. The Hall–Kier alpha value is -0.480. The van der Waals surface area contributed by atoms with Crippen molar-refractivity contribution in [2.75, 3.05) is 12.5 Å². The van der Waals surface area contributed by atoms with E-state index in [1.165, 1.54) is 6.26 Å². The first-order valence-electron chi connectivity index (χ1n) is 3.82. The molecule has 0 bridgehead atoms. The monoisotopic (exact) mass is 216 g/mol. The molecule has 1 aromatic rings. The van der Waals surface area contributed by atoms with E-state index in [1.54, 1.807) is 11.8 Å². The Kier molecular flexibility index (Phi) is 3.39. The van der Waals surface area contributed by atoms with Crippen LogP contribution in [0.15, 0.2) is 29.2 Å². The first-order valence-corrected chi connectivity index (χ1v) is 7.10. The Balaban J connectivity index is 2.90. The summed E-state index contributed by atoms with van der Waals surface area (Å²) >= 11 is 1.61. The Bertz CT molecular complexity index is 382. The van der Waals surface area contributed by atoms with E-state index in [9.17, 15) is 8.42 Å². The summed E-state index contributed by atoms with van der Waals surface area (Å²) in [5.74, 6) is 0.126. The first-order chi connectivity index (χ1) is 6.01. The van der Waals surface area contributed by atoms with Gasteiger partial charge in [0.1, 0.15) is 0 Å². The van der Waals surface area contributed by atoms with Crippen LogP contribution < -0.4 is 0 Å². The van der Waals surface area contributed by atoms with Crippen LogP contribution in [0.1, 0.15) is 5.56 Å². The van der Waals surface area contributed by atoms with E-state index >= 15 is 0 Å². The Morgan fingerprint density at radius 2 is 2.08 bits per heavy atom. The average molecular weight is 216 g/mol. The van der Waals surface area contributed by atoms with Crippen molar-refractivity contribution in [3.63, 3.8) is 0 Å². The fraction of sp³-hybridized carbons (Fsp3) is 0.333. The van der Waals surface area contributed by atoms with E-state index in [0.717, 1.165) is 10.5 Å². The maximum absolute atomic E-state index is 11.0. The molecule has 1 aromatic carbocycles. The van der Waals surface area contributed by atoms with Crippen molar-refractivity contribution in [1.82, 2.24) is 0 Å². The van der Waals surface area contributed by atoms with Gasteiger partial charge >= 0.3 is 0 Å². The quantitative estimate of drug-likeness (QED) is 0.724. The fourth-order valence-electron chi connectivity index (χ4n) is 1.06. The lowest BCUT2D eigenvalue weighted by Crippen LogP contribution is -2.00. The lowest BCUT2D eigenvalue weighted by atomic mass is 10.2. The van der Waals surface area contributed by atoms with Gasteiger partial charge in [-0.1, -0.05) is 12.1 Å². The van der Waals surface area contributed by atoms with Crippen molar-refractivity contribution in [2.24, 2.45) is 0 Å². The second-order valence-electron chi connectivity index (χ2n) is 2.92. The van der Waals surface area contributed by atoms with Gasteiger partial charge in [-0.25, -0.2) is 8.42 Å². The maximum Gasteiger partial charge on any atom is 0.151 e. The van der Waals surface area contributed by atoms with Crippen molar-refractivity contribution >= 4 is 21.6 Å². The molecule has 0 aliphatic heterocycles. The molecule has 0 unspecified atom stereocenters. The highest BCUT2D eigenvalue weighted by Crippen LogP contribution is 2.16. The van der Waals surface area contributed by atoms with Crippen LogP contribution in [0, 0.1) is 0 Å². The van der Waals surface area contributed by atoms with Gasteiger partial charge in [0, 0.05) is 11.2 Å².